The number of nitrogens with one attached hydrogen (secondary N) is 1. The molecule has 1 fully saturated rings. The van der Waals surface area contributed by atoms with Crippen LogP contribution in [0.2, 0.25) is 0 Å². The highest BCUT2D eigenvalue weighted by atomic mass is 16.1. The Morgan fingerprint density at radius 1 is 1.55 bits per heavy atom. The minimum atomic E-state index is -0.257. The number of hydrogen-bond donors (Lipinski definition) is 2. The molecule has 6 nitrogen and oxygen atoms in total. The molecule has 0 bridgehead atoms. The van der Waals surface area contributed by atoms with Gasteiger partial charge in [-0.2, -0.15) is 0 Å². The van der Waals surface area contributed by atoms with Crippen molar-refractivity contribution in [3.8, 4) is 0 Å². The molecule has 1 aromatic heterocycles. The van der Waals surface area contributed by atoms with Gasteiger partial charge in [0.05, 0.1) is 0 Å². The second-order valence-corrected chi connectivity index (χ2v) is 5.59. The Morgan fingerprint density at radius 3 is 3.00 bits per heavy atom. The van der Waals surface area contributed by atoms with Crippen molar-refractivity contribution in [2.45, 2.75) is 32.7 Å². The van der Waals surface area contributed by atoms with Gasteiger partial charge in [-0.1, -0.05) is 6.92 Å². The molecule has 2 heterocycles. The molecular weight excluding hydrogens is 254 g/mol. The average molecular weight is 277 g/mol. The van der Waals surface area contributed by atoms with Gasteiger partial charge in [-0.05, 0) is 32.2 Å². The van der Waals surface area contributed by atoms with Crippen molar-refractivity contribution in [1.29, 1.82) is 0 Å². The smallest absolute Gasteiger partial charge is 0.273 e. The van der Waals surface area contributed by atoms with E-state index in [4.69, 9.17) is 5.73 Å². The number of aromatic nitrogens is 2. The van der Waals surface area contributed by atoms with Gasteiger partial charge in [-0.25, -0.2) is 9.97 Å². The molecule has 0 radical (unpaired) electrons. The van der Waals surface area contributed by atoms with Crippen molar-refractivity contribution in [2.24, 2.45) is 5.92 Å². The summed E-state index contributed by atoms with van der Waals surface area (Å²) in [6, 6.07) is 0.319. The molecule has 0 aromatic carbocycles. The lowest BCUT2D eigenvalue weighted by molar-refractivity contribution is 0.0913. The van der Waals surface area contributed by atoms with E-state index in [9.17, 15) is 4.79 Å². The van der Waals surface area contributed by atoms with Gasteiger partial charge in [0.25, 0.3) is 5.91 Å². The Morgan fingerprint density at radius 2 is 2.30 bits per heavy atom. The third-order valence-electron chi connectivity index (χ3n) is 3.81. The monoisotopic (exact) mass is 277 g/mol. The molecule has 6 heteroatoms. The Bertz CT molecular complexity index is 465. The number of carbonyl (C=O) groups excluding carboxylic acids is 1. The maximum Gasteiger partial charge on any atom is 0.273 e. The summed E-state index contributed by atoms with van der Waals surface area (Å²) in [5.41, 5.74) is 5.84. The van der Waals surface area contributed by atoms with Gasteiger partial charge >= 0.3 is 0 Å². The summed E-state index contributed by atoms with van der Waals surface area (Å²) >= 11 is 0. The number of carbonyl (C=O) groups is 1. The van der Waals surface area contributed by atoms with Crippen molar-refractivity contribution < 1.29 is 4.79 Å². The molecule has 0 saturated carbocycles. The summed E-state index contributed by atoms with van der Waals surface area (Å²) in [6.07, 6.45) is 5.48. The Balaban J connectivity index is 1.85. The highest BCUT2D eigenvalue weighted by molar-refractivity contribution is 5.96. The average Bonchev–Trinajstić information content (AvgIpc) is 2.45. The van der Waals surface area contributed by atoms with E-state index in [0.29, 0.717) is 12.6 Å². The largest absolute Gasteiger partial charge is 0.382 e. The van der Waals surface area contributed by atoms with Crippen LogP contribution in [-0.4, -0.2) is 46.5 Å². The Labute approximate surface area is 119 Å². The number of amides is 1. The normalized spacial score (nSPS) is 21.4. The van der Waals surface area contributed by atoms with Crippen LogP contribution in [0.1, 0.15) is 37.2 Å². The highest BCUT2D eigenvalue weighted by Gasteiger charge is 2.21. The van der Waals surface area contributed by atoms with Crippen LogP contribution in [0.15, 0.2) is 12.4 Å². The fraction of sp³-hybridized carbons (Fsp3) is 0.643. The standard InChI is InChI=1S/C14H23N5O/c1-10-4-3-7-19(9-10)11(2)8-18-14(20)12-13(15)17-6-5-16-12/h5-6,10-11H,3-4,7-9H2,1-2H3,(H2,15,17)(H,18,20)/t10-,11-/m1/s1. The number of hydrogen-bond acceptors (Lipinski definition) is 5. The SMILES string of the molecule is C[C@@H]1CCCN([C@H](C)CNC(=O)c2nccnc2N)C1. The summed E-state index contributed by atoms with van der Waals surface area (Å²) in [5.74, 6) is 0.647. The Kier molecular flexibility index (Phi) is 4.89. The molecule has 0 aliphatic carbocycles. The van der Waals surface area contributed by atoms with Crippen LogP contribution in [0, 0.1) is 5.92 Å². The van der Waals surface area contributed by atoms with E-state index in [2.05, 4.69) is 34.0 Å². The van der Waals surface area contributed by atoms with Crippen LogP contribution in [0.5, 0.6) is 0 Å². The molecule has 3 N–H and O–H groups in total. The first kappa shape index (κ1) is 14.7. The van der Waals surface area contributed by atoms with E-state index in [1.807, 2.05) is 0 Å². The minimum Gasteiger partial charge on any atom is -0.382 e. The predicted octanol–water partition coefficient (Wildman–Crippen LogP) is 0.909. The lowest BCUT2D eigenvalue weighted by Crippen LogP contribution is -2.46. The molecule has 1 amide bonds. The second-order valence-electron chi connectivity index (χ2n) is 5.59. The van der Waals surface area contributed by atoms with Crippen molar-refractivity contribution in [1.82, 2.24) is 20.2 Å². The van der Waals surface area contributed by atoms with Crippen LogP contribution < -0.4 is 11.1 Å². The number of anilines is 1. The van der Waals surface area contributed by atoms with Gasteiger partial charge in [0.15, 0.2) is 11.5 Å². The molecule has 2 atom stereocenters. The molecule has 1 aromatic rings. The van der Waals surface area contributed by atoms with Gasteiger partial charge in [0, 0.05) is 31.5 Å². The van der Waals surface area contributed by atoms with E-state index in [0.717, 1.165) is 19.0 Å². The molecule has 1 saturated heterocycles. The van der Waals surface area contributed by atoms with Crippen molar-refractivity contribution in [2.75, 3.05) is 25.4 Å². The van der Waals surface area contributed by atoms with E-state index in [-0.39, 0.29) is 17.4 Å². The lowest BCUT2D eigenvalue weighted by Gasteiger charge is -2.35. The summed E-state index contributed by atoms with van der Waals surface area (Å²) in [4.78, 5) is 22.3. The van der Waals surface area contributed by atoms with Gasteiger partial charge in [-0.3, -0.25) is 9.69 Å². The van der Waals surface area contributed by atoms with Crippen molar-refractivity contribution in [3.63, 3.8) is 0 Å². The Hall–Kier alpha value is -1.69. The van der Waals surface area contributed by atoms with Gasteiger partial charge in [-0.15, -0.1) is 0 Å². The summed E-state index contributed by atoms with van der Waals surface area (Å²) < 4.78 is 0. The first-order valence-electron chi connectivity index (χ1n) is 7.16. The molecule has 0 spiro atoms. The third kappa shape index (κ3) is 3.66. The molecule has 1 aliphatic heterocycles. The molecule has 1 aliphatic rings. The second kappa shape index (κ2) is 6.65. The number of nitrogens with zero attached hydrogens (tertiary/aromatic N) is 3. The van der Waals surface area contributed by atoms with Gasteiger partial charge in [0.1, 0.15) is 0 Å². The molecule has 0 unspecified atom stereocenters. The third-order valence-corrected chi connectivity index (χ3v) is 3.81. The number of piperidine rings is 1. The van der Waals surface area contributed by atoms with Crippen LogP contribution in [0.3, 0.4) is 0 Å². The highest BCUT2D eigenvalue weighted by Crippen LogP contribution is 2.17. The maximum atomic E-state index is 12.0. The number of rotatable bonds is 4. The first-order chi connectivity index (χ1) is 9.58. The zero-order valence-corrected chi connectivity index (χ0v) is 12.2. The van der Waals surface area contributed by atoms with Crippen LogP contribution >= 0.6 is 0 Å². The molecule has 110 valence electrons. The number of likely N-dealkylation sites (tertiary alicyclic amines) is 1. The van der Waals surface area contributed by atoms with Gasteiger partial charge in [0.2, 0.25) is 0 Å². The molecule has 20 heavy (non-hydrogen) atoms. The van der Waals surface area contributed by atoms with Crippen LogP contribution in [0.25, 0.3) is 0 Å². The minimum absolute atomic E-state index is 0.171. The topological polar surface area (TPSA) is 84.1 Å². The maximum absolute atomic E-state index is 12.0. The van der Waals surface area contributed by atoms with E-state index < -0.39 is 0 Å². The zero-order valence-electron chi connectivity index (χ0n) is 12.2. The van der Waals surface area contributed by atoms with Crippen molar-refractivity contribution in [3.05, 3.63) is 18.1 Å². The van der Waals surface area contributed by atoms with Crippen LogP contribution in [0.4, 0.5) is 5.82 Å². The van der Waals surface area contributed by atoms with E-state index in [1.54, 1.807) is 0 Å². The quantitative estimate of drug-likeness (QED) is 0.854. The summed E-state index contributed by atoms with van der Waals surface area (Å²) in [7, 11) is 0. The van der Waals surface area contributed by atoms with Gasteiger partial charge < -0.3 is 11.1 Å². The molecular formula is C14H23N5O. The van der Waals surface area contributed by atoms with E-state index in [1.165, 1.54) is 25.2 Å². The zero-order chi connectivity index (χ0) is 14.5. The fourth-order valence-corrected chi connectivity index (χ4v) is 2.60. The summed E-state index contributed by atoms with van der Waals surface area (Å²) in [5, 5.41) is 2.89. The number of nitrogen functional groups attached to an aromatic ring is 1. The van der Waals surface area contributed by atoms with Crippen molar-refractivity contribution >= 4 is 11.7 Å². The first-order valence-corrected chi connectivity index (χ1v) is 7.16. The predicted molar refractivity (Wildman–Crippen MR) is 78.2 cm³/mol. The lowest BCUT2D eigenvalue weighted by atomic mass is 9.99. The fourth-order valence-electron chi connectivity index (χ4n) is 2.60. The number of nitrogens with two attached hydrogens (primary N) is 1. The molecule has 2 rings (SSSR count). The van der Waals surface area contributed by atoms with E-state index >= 15 is 0 Å². The summed E-state index contributed by atoms with van der Waals surface area (Å²) in [6.45, 7) is 7.22. The van der Waals surface area contributed by atoms with Crippen LogP contribution in [-0.2, 0) is 0 Å².